The van der Waals surface area contributed by atoms with Crippen LogP contribution in [0.5, 0.6) is 11.5 Å². The van der Waals surface area contributed by atoms with E-state index in [1.165, 1.54) is 0 Å². The van der Waals surface area contributed by atoms with E-state index in [0.29, 0.717) is 34.9 Å². The monoisotopic (exact) mass is 1400 g/mol. The molecule has 18 aromatic rings. The first-order chi connectivity index (χ1) is 54.4. The van der Waals surface area contributed by atoms with Crippen LogP contribution in [0.15, 0.2) is 413 Å². The number of aromatic nitrogens is 6. The maximum Gasteiger partial charge on any atom is 0.164 e. The molecule has 0 saturated heterocycles. The second-order valence-corrected chi connectivity index (χ2v) is 27.7. The smallest absolute Gasteiger partial charge is 0.164 e. The van der Waals surface area contributed by atoms with Crippen molar-refractivity contribution in [2.45, 2.75) is 5.41 Å². The first-order valence-corrected chi connectivity index (χ1v) is 37.1. The van der Waals surface area contributed by atoms with Crippen molar-refractivity contribution in [2.24, 2.45) is 0 Å². The summed E-state index contributed by atoms with van der Waals surface area (Å²) in [6.07, 6.45) is 0. The maximum atomic E-state index is 7.03. The molecule has 110 heavy (non-hydrogen) atoms. The third-order valence-corrected chi connectivity index (χ3v) is 20.8. The van der Waals surface area contributed by atoms with Gasteiger partial charge in [-0.05, 0) is 197 Å². The van der Waals surface area contributed by atoms with Gasteiger partial charge in [0.2, 0.25) is 0 Å². The van der Waals surface area contributed by atoms with Crippen LogP contribution in [0.3, 0.4) is 0 Å². The highest BCUT2D eigenvalue weighted by Crippen LogP contribution is 2.56. The Labute approximate surface area is 639 Å². The van der Waals surface area contributed by atoms with Crippen molar-refractivity contribution >= 4 is 0 Å². The van der Waals surface area contributed by atoms with Crippen LogP contribution in [0.2, 0.25) is 0 Å². The van der Waals surface area contributed by atoms with Crippen molar-refractivity contribution in [1.29, 1.82) is 0 Å². The second-order valence-electron chi connectivity index (χ2n) is 27.7. The highest BCUT2D eigenvalue weighted by molar-refractivity contribution is 5.87. The zero-order valence-corrected chi connectivity index (χ0v) is 59.9. The summed E-state index contributed by atoms with van der Waals surface area (Å²) in [7, 11) is 0. The Hall–Kier alpha value is -14.7. The fourth-order valence-electron chi connectivity index (χ4n) is 15.5. The van der Waals surface area contributed by atoms with E-state index >= 15 is 0 Å². The standard InChI is InChI=1S/C103H68N6O/c1-9-31-69(32-10-1)79-55-80(70-33-11-2-12-34-70)60-87(59-79)99-104-97(105-100(108-99)88-61-81(71-35-13-3-14-36-71)56-82(62-88)72-37-15-4-16-38-72)77-47-29-49-91(67-77)103(93-51-25-27-53-95(93)110-96-54-28-26-52-94(96)103)92-50-30-48-78(68-92)98-106-101(89-63-83(73-39-17-5-18-40-73)57-84(64-89)74-41-19-6-20-42-74)109-102(107-98)90-65-85(75-43-21-7-22-44-75)58-86(66-90)76-45-23-8-24-46-76/h1-68H. The zero-order valence-electron chi connectivity index (χ0n) is 59.9. The van der Waals surface area contributed by atoms with Gasteiger partial charge in [-0.25, -0.2) is 29.9 Å². The molecule has 516 valence electrons. The van der Waals surface area contributed by atoms with Crippen LogP contribution < -0.4 is 4.74 Å². The molecule has 3 heterocycles. The maximum absolute atomic E-state index is 7.03. The Balaban J connectivity index is 0.835. The Morgan fingerprint density at radius 1 is 0.145 bits per heavy atom. The second kappa shape index (κ2) is 29.0. The molecule has 19 rings (SSSR count). The van der Waals surface area contributed by atoms with E-state index in [1.807, 2.05) is 12.1 Å². The van der Waals surface area contributed by atoms with Gasteiger partial charge in [0.1, 0.15) is 11.5 Å². The van der Waals surface area contributed by atoms with Crippen LogP contribution in [0.4, 0.5) is 0 Å². The van der Waals surface area contributed by atoms with Gasteiger partial charge in [0.05, 0.1) is 5.41 Å². The number of rotatable bonds is 16. The Morgan fingerprint density at radius 3 is 0.555 bits per heavy atom. The van der Waals surface area contributed by atoms with Crippen molar-refractivity contribution in [3.63, 3.8) is 0 Å². The van der Waals surface area contributed by atoms with Crippen LogP contribution in [0.1, 0.15) is 22.3 Å². The summed E-state index contributed by atoms with van der Waals surface area (Å²) in [6.45, 7) is 0. The molecule has 0 radical (unpaired) electrons. The van der Waals surface area contributed by atoms with Crippen molar-refractivity contribution in [1.82, 2.24) is 29.9 Å². The normalized spacial score (nSPS) is 12.0. The van der Waals surface area contributed by atoms with Crippen molar-refractivity contribution < 1.29 is 4.74 Å². The minimum Gasteiger partial charge on any atom is -0.457 e. The Bertz CT molecular complexity index is 5490. The van der Waals surface area contributed by atoms with Gasteiger partial charge < -0.3 is 4.74 Å². The molecule has 0 bridgehead atoms. The van der Waals surface area contributed by atoms with E-state index < -0.39 is 5.41 Å². The van der Waals surface area contributed by atoms with Gasteiger partial charge in [-0.2, -0.15) is 0 Å². The molecule has 0 amide bonds. The van der Waals surface area contributed by atoms with E-state index in [-0.39, 0.29) is 0 Å². The summed E-state index contributed by atoms with van der Waals surface area (Å²) in [5.41, 5.74) is 24.7. The number of hydrogen-bond donors (Lipinski definition) is 0. The number of ether oxygens (including phenoxy) is 1. The molecule has 0 saturated carbocycles. The number of fused-ring (bicyclic) bond motifs is 2. The SMILES string of the molecule is c1ccc(-c2cc(-c3ccccc3)cc(-c3nc(-c4cc(-c5ccccc5)cc(-c5ccccc5)c4)nc(-c4cccc(C5(c6cccc(-c7nc(-c8cc(-c9ccccc9)cc(-c9ccccc9)c8)nc(-c8cc(-c9ccccc9)cc(-c9ccccc9)c8)n7)c6)c6ccccc6Oc6ccccc65)c4)n3)c2)cc1. The van der Waals surface area contributed by atoms with Gasteiger partial charge in [0.15, 0.2) is 34.9 Å². The molecule has 7 nitrogen and oxygen atoms in total. The summed E-state index contributed by atoms with van der Waals surface area (Å²) in [5.74, 6) is 4.60. The molecule has 0 aliphatic carbocycles. The van der Waals surface area contributed by atoms with E-state index in [9.17, 15) is 0 Å². The summed E-state index contributed by atoms with van der Waals surface area (Å²) in [5, 5.41) is 0. The summed E-state index contributed by atoms with van der Waals surface area (Å²) < 4.78 is 7.03. The topological polar surface area (TPSA) is 86.6 Å². The van der Waals surface area contributed by atoms with Gasteiger partial charge in [-0.3, -0.25) is 0 Å². The molecule has 1 aliphatic heterocycles. The highest BCUT2D eigenvalue weighted by Gasteiger charge is 2.46. The molecule has 16 aromatic carbocycles. The molecule has 7 heteroatoms. The summed E-state index contributed by atoms with van der Waals surface area (Å²) in [6, 6.07) is 145. The predicted molar refractivity (Wildman–Crippen MR) is 448 cm³/mol. The summed E-state index contributed by atoms with van der Waals surface area (Å²) in [4.78, 5) is 33.7. The number of nitrogens with zero attached hydrogens (tertiary/aromatic N) is 6. The number of hydrogen-bond acceptors (Lipinski definition) is 7. The average molecular weight is 1410 g/mol. The largest absolute Gasteiger partial charge is 0.457 e. The van der Waals surface area contributed by atoms with Gasteiger partial charge in [-0.15, -0.1) is 0 Å². The number of benzene rings is 16. The van der Waals surface area contributed by atoms with E-state index in [2.05, 4.69) is 400 Å². The van der Waals surface area contributed by atoms with Crippen molar-refractivity contribution in [3.8, 4) is 169 Å². The van der Waals surface area contributed by atoms with Gasteiger partial charge in [-0.1, -0.05) is 315 Å². The predicted octanol–water partition coefficient (Wildman–Crippen LogP) is 25.9. The lowest BCUT2D eigenvalue weighted by atomic mass is 9.63. The van der Waals surface area contributed by atoms with Crippen molar-refractivity contribution in [3.05, 3.63) is 435 Å². The summed E-state index contributed by atoms with van der Waals surface area (Å²) >= 11 is 0. The molecule has 0 atom stereocenters. The van der Waals surface area contributed by atoms with Gasteiger partial charge in [0.25, 0.3) is 0 Å². The van der Waals surface area contributed by atoms with E-state index in [4.69, 9.17) is 34.6 Å². The molecule has 0 fully saturated rings. The van der Waals surface area contributed by atoms with Crippen LogP contribution in [0.25, 0.3) is 157 Å². The minimum absolute atomic E-state index is 0.505. The Morgan fingerprint density at radius 2 is 0.327 bits per heavy atom. The first kappa shape index (κ1) is 66.1. The van der Waals surface area contributed by atoms with Gasteiger partial charge >= 0.3 is 0 Å². The Kier molecular flexibility index (Phi) is 17.4. The number of para-hydroxylation sites is 2. The molecule has 1 aliphatic rings. The van der Waals surface area contributed by atoms with Crippen LogP contribution in [0, 0.1) is 0 Å². The fraction of sp³-hybridized carbons (Fsp3) is 0.00971. The average Bonchev–Trinajstić information content (AvgIpc) is 0.703. The van der Waals surface area contributed by atoms with Crippen LogP contribution >= 0.6 is 0 Å². The quantitative estimate of drug-likeness (QED) is 0.0952. The van der Waals surface area contributed by atoms with E-state index in [0.717, 1.165) is 156 Å². The molecule has 0 spiro atoms. The van der Waals surface area contributed by atoms with Gasteiger partial charge in [0, 0.05) is 44.5 Å². The lowest BCUT2D eigenvalue weighted by molar-refractivity contribution is 0.434. The lowest BCUT2D eigenvalue weighted by Crippen LogP contribution is -2.34. The van der Waals surface area contributed by atoms with Crippen molar-refractivity contribution in [2.75, 3.05) is 0 Å². The minimum atomic E-state index is -1.04. The highest BCUT2D eigenvalue weighted by atomic mass is 16.5. The van der Waals surface area contributed by atoms with Crippen LogP contribution in [-0.2, 0) is 5.41 Å². The third kappa shape index (κ3) is 13.0. The van der Waals surface area contributed by atoms with Crippen LogP contribution in [-0.4, -0.2) is 29.9 Å². The first-order valence-electron chi connectivity index (χ1n) is 37.1. The third-order valence-electron chi connectivity index (χ3n) is 20.8. The molecule has 0 unspecified atom stereocenters. The zero-order chi connectivity index (χ0) is 73.2. The molecular formula is C103H68N6O. The fourth-order valence-corrected chi connectivity index (χ4v) is 15.5. The molecule has 0 N–H and O–H groups in total. The lowest BCUT2D eigenvalue weighted by Gasteiger charge is -2.41. The molecule has 2 aromatic heterocycles. The molecular weight excluding hydrogens is 1340 g/mol. The van der Waals surface area contributed by atoms with E-state index in [1.54, 1.807) is 0 Å².